The molecule has 1 aromatic rings. The van der Waals surface area contributed by atoms with Crippen molar-refractivity contribution in [2.75, 3.05) is 6.61 Å². The van der Waals surface area contributed by atoms with Crippen LogP contribution in [0.4, 0.5) is 0 Å². The average Bonchev–Trinajstić information content (AvgIpc) is 2.45. The van der Waals surface area contributed by atoms with Gasteiger partial charge >= 0.3 is 0 Å². The number of nitrogens with zero attached hydrogens (tertiary/aromatic N) is 2. The van der Waals surface area contributed by atoms with E-state index in [1.807, 2.05) is 0 Å². The van der Waals surface area contributed by atoms with Gasteiger partial charge in [0.15, 0.2) is 0 Å². The minimum Gasteiger partial charge on any atom is -0.372 e. The van der Waals surface area contributed by atoms with E-state index in [9.17, 15) is 0 Å². The number of halogens is 1. The molecule has 0 radical (unpaired) electrons. The van der Waals surface area contributed by atoms with Gasteiger partial charge in [-0.25, -0.2) is 4.98 Å². The maximum Gasteiger partial charge on any atom is 0.136 e. The molecule has 72 valence electrons. The van der Waals surface area contributed by atoms with Crippen LogP contribution in [0, 0.1) is 0 Å². The van der Waals surface area contributed by atoms with Gasteiger partial charge in [-0.2, -0.15) is 0 Å². The van der Waals surface area contributed by atoms with Gasteiger partial charge < -0.3 is 9.30 Å². The lowest BCUT2D eigenvalue weighted by atomic mass is 10.2. The van der Waals surface area contributed by atoms with Gasteiger partial charge in [-0.3, -0.25) is 0 Å². The molecule has 0 unspecified atom stereocenters. The van der Waals surface area contributed by atoms with Crippen LogP contribution in [-0.2, 0) is 17.9 Å². The highest BCUT2D eigenvalue weighted by atomic mass is 79.9. The number of ether oxygens (including phenoxy) is 1. The van der Waals surface area contributed by atoms with E-state index < -0.39 is 0 Å². The first-order valence-corrected chi connectivity index (χ1v) is 5.32. The first-order chi connectivity index (χ1) is 6.20. The highest BCUT2D eigenvalue weighted by Crippen LogP contribution is 2.27. The second-order valence-corrected chi connectivity index (χ2v) is 4.31. The van der Waals surface area contributed by atoms with Gasteiger partial charge in [-0.1, -0.05) is 13.8 Å². The van der Waals surface area contributed by atoms with Crippen molar-refractivity contribution < 1.29 is 4.74 Å². The van der Waals surface area contributed by atoms with Crippen LogP contribution in [0.1, 0.15) is 31.3 Å². The molecule has 0 fully saturated rings. The summed E-state index contributed by atoms with van der Waals surface area (Å²) in [6.07, 6.45) is 0. The van der Waals surface area contributed by atoms with Gasteiger partial charge in [0.2, 0.25) is 0 Å². The van der Waals surface area contributed by atoms with Crippen molar-refractivity contribution in [1.82, 2.24) is 9.55 Å². The summed E-state index contributed by atoms with van der Waals surface area (Å²) in [6.45, 7) is 6.65. The predicted octanol–water partition coefficient (Wildman–Crippen LogP) is 2.30. The summed E-state index contributed by atoms with van der Waals surface area (Å²) in [4.78, 5) is 4.54. The van der Waals surface area contributed by atoms with Crippen molar-refractivity contribution in [2.45, 2.75) is 32.9 Å². The molecule has 4 heteroatoms. The summed E-state index contributed by atoms with van der Waals surface area (Å²) in [5.41, 5.74) is 1.14. The molecule has 2 heterocycles. The minimum absolute atomic E-state index is 0.465. The molecule has 0 aromatic carbocycles. The maximum atomic E-state index is 5.34. The van der Waals surface area contributed by atoms with Crippen molar-refractivity contribution in [3.8, 4) is 0 Å². The zero-order chi connectivity index (χ0) is 9.42. The van der Waals surface area contributed by atoms with E-state index in [1.165, 1.54) is 0 Å². The Kier molecular flexibility index (Phi) is 2.43. The van der Waals surface area contributed by atoms with Gasteiger partial charge in [0, 0.05) is 6.54 Å². The van der Waals surface area contributed by atoms with Crippen LogP contribution in [0.25, 0.3) is 0 Å². The second-order valence-electron chi connectivity index (χ2n) is 3.56. The van der Waals surface area contributed by atoms with Crippen molar-refractivity contribution >= 4 is 15.9 Å². The molecule has 0 bridgehead atoms. The first kappa shape index (κ1) is 9.21. The first-order valence-electron chi connectivity index (χ1n) is 4.52. The lowest BCUT2D eigenvalue weighted by Crippen LogP contribution is -2.16. The smallest absolute Gasteiger partial charge is 0.136 e. The van der Waals surface area contributed by atoms with Crippen LogP contribution in [0.15, 0.2) is 4.60 Å². The van der Waals surface area contributed by atoms with E-state index in [2.05, 4.69) is 39.3 Å². The van der Waals surface area contributed by atoms with E-state index >= 15 is 0 Å². The Labute approximate surface area is 86.2 Å². The molecule has 0 saturated heterocycles. The second kappa shape index (κ2) is 3.42. The molecular formula is C9H13BrN2O. The molecule has 0 amide bonds. The number of hydrogen-bond donors (Lipinski definition) is 0. The molecule has 2 rings (SSSR count). The van der Waals surface area contributed by atoms with Crippen LogP contribution < -0.4 is 0 Å². The Balaban J connectivity index is 2.44. The summed E-state index contributed by atoms with van der Waals surface area (Å²) >= 11 is 3.58. The standard InChI is InChI=1S/C9H13BrN2O/c1-6(2)8-9(10)12-3-4-13-5-7(12)11-8/h6H,3-5H2,1-2H3. The largest absolute Gasteiger partial charge is 0.372 e. The molecular weight excluding hydrogens is 232 g/mol. The third-order valence-electron chi connectivity index (χ3n) is 2.25. The van der Waals surface area contributed by atoms with Crippen LogP contribution in [0.5, 0.6) is 0 Å². The Morgan fingerprint density at radius 2 is 2.31 bits per heavy atom. The van der Waals surface area contributed by atoms with Gasteiger partial charge in [-0.05, 0) is 21.8 Å². The monoisotopic (exact) mass is 244 g/mol. The highest BCUT2D eigenvalue weighted by molar-refractivity contribution is 9.10. The van der Waals surface area contributed by atoms with Crippen LogP contribution in [0.3, 0.4) is 0 Å². The van der Waals surface area contributed by atoms with Gasteiger partial charge in [0.05, 0.1) is 12.3 Å². The SMILES string of the molecule is CC(C)c1nc2n(c1Br)CCOC2. The molecule has 0 N–H and O–H groups in total. The fraction of sp³-hybridized carbons (Fsp3) is 0.667. The van der Waals surface area contributed by atoms with Crippen molar-refractivity contribution in [3.63, 3.8) is 0 Å². The van der Waals surface area contributed by atoms with E-state index in [4.69, 9.17) is 4.74 Å². The molecule has 3 nitrogen and oxygen atoms in total. The summed E-state index contributed by atoms with van der Waals surface area (Å²) < 4.78 is 8.66. The molecule has 1 aliphatic rings. The lowest BCUT2D eigenvalue weighted by Gasteiger charge is -2.14. The Hall–Kier alpha value is -0.350. The molecule has 0 aliphatic carbocycles. The Morgan fingerprint density at radius 1 is 1.54 bits per heavy atom. The normalized spacial score (nSPS) is 16.3. The third kappa shape index (κ3) is 1.53. The van der Waals surface area contributed by atoms with E-state index in [-0.39, 0.29) is 0 Å². The minimum atomic E-state index is 0.465. The van der Waals surface area contributed by atoms with E-state index in [1.54, 1.807) is 0 Å². The van der Waals surface area contributed by atoms with Crippen LogP contribution >= 0.6 is 15.9 Å². The highest BCUT2D eigenvalue weighted by Gasteiger charge is 2.19. The quantitative estimate of drug-likeness (QED) is 0.759. The van der Waals surface area contributed by atoms with Crippen molar-refractivity contribution in [3.05, 3.63) is 16.1 Å². The fourth-order valence-electron chi connectivity index (χ4n) is 1.52. The third-order valence-corrected chi connectivity index (χ3v) is 3.08. The maximum absolute atomic E-state index is 5.34. The lowest BCUT2D eigenvalue weighted by molar-refractivity contribution is 0.0809. The van der Waals surface area contributed by atoms with E-state index in [0.29, 0.717) is 12.5 Å². The molecule has 0 atom stereocenters. The molecule has 1 aliphatic heterocycles. The number of hydrogen-bond acceptors (Lipinski definition) is 2. The fourth-order valence-corrected chi connectivity index (χ4v) is 2.45. The zero-order valence-corrected chi connectivity index (χ0v) is 9.47. The van der Waals surface area contributed by atoms with E-state index in [0.717, 1.165) is 29.3 Å². The number of rotatable bonds is 1. The Morgan fingerprint density at radius 3 is 2.92 bits per heavy atom. The zero-order valence-electron chi connectivity index (χ0n) is 7.88. The van der Waals surface area contributed by atoms with Gasteiger partial charge in [0.1, 0.15) is 17.0 Å². The number of fused-ring (bicyclic) bond motifs is 1. The average molecular weight is 245 g/mol. The van der Waals surface area contributed by atoms with Crippen LogP contribution in [0.2, 0.25) is 0 Å². The summed E-state index contributed by atoms with van der Waals surface area (Å²) in [5, 5.41) is 0. The number of aromatic nitrogens is 2. The molecule has 13 heavy (non-hydrogen) atoms. The van der Waals surface area contributed by atoms with Crippen LogP contribution in [-0.4, -0.2) is 16.2 Å². The molecule has 1 aromatic heterocycles. The number of imidazole rings is 1. The molecule has 0 spiro atoms. The van der Waals surface area contributed by atoms with Gasteiger partial charge in [-0.15, -0.1) is 0 Å². The van der Waals surface area contributed by atoms with Crippen molar-refractivity contribution in [2.24, 2.45) is 0 Å². The Bertz CT molecular complexity index is 320. The summed E-state index contributed by atoms with van der Waals surface area (Å²) in [6, 6.07) is 0. The topological polar surface area (TPSA) is 27.1 Å². The van der Waals surface area contributed by atoms with Gasteiger partial charge in [0.25, 0.3) is 0 Å². The predicted molar refractivity (Wildman–Crippen MR) is 53.7 cm³/mol. The summed E-state index contributed by atoms with van der Waals surface area (Å²) in [7, 11) is 0. The summed E-state index contributed by atoms with van der Waals surface area (Å²) in [5.74, 6) is 1.51. The molecule has 0 saturated carbocycles. The van der Waals surface area contributed by atoms with Crippen molar-refractivity contribution in [1.29, 1.82) is 0 Å².